The predicted octanol–water partition coefficient (Wildman–Crippen LogP) is 2.03. The van der Waals surface area contributed by atoms with Gasteiger partial charge in [0.25, 0.3) is 0 Å². The topological polar surface area (TPSA) is 58.1 Å². The number of guanidine groups is 1. The van der Waals surface area contributed by atoms with Crippen molar-refractivity contribution >= 4 is 5.96 Å². The molecule has 1 saturated carbocycles. The minimum absolute atomic E-state index is 0.547. The van der Waals surface area contributed by atoms with E-state index in [4.69, 9.17) is 9.47 Å². The van der Waals surface area contributed by atoms with Crippen molar-refractivity contribution in [3.8, 4) is 5.75 Å². The Hall–Kier alpha value is -1.79. The molecule has 0 aliphatic heterocycles. The van der Waals surface area contributed by atoms with E-state index in [1.165, 1.54) is 18.4 Å². The van der Waals surface area contributed by atoms with Crippen molar-refractivity contribution in [1.82, 2.24) is 15.5 Å². The van der Waals surface area contributed by atoms with E-state index in [1.54, 1.807) is 7.11 Å². The van der Waals surface area contributed by atoms with Gasteiger partial charge in [-0.05, 0) is 51.4 Å². The lowest BCUT2D eigenvalue weighted by Gasteiger charge is -2.25. The fourth-order valence-corrected chi connectivity index (χ4v) is 3.03. The third kappa shape index (κ3) is 6.50. The van der Waals surface area contributed by atoms with Gasteiger partial charge in [0.15, 0.2) is 5.96 Å². The summed E-state index contributed by atoms with van der Waals surface area (Å²) in [7, 11) is 7.79. The van der Waals surface area contributed by atoms with Crippen molar-refractivity contribution in [3.05, 3.63) is 29.3 Å². The largest absolute Gasteiger partial charge is 0.491 e. The zero-order valence-corrected chi connectivity index (χ0v) is 16.8. The van der Waals surface area contributed by atoms with Gasteiger partial charge in [-0.1, -0.05) is 12.1 Å². The maximum absolute atomic E-state index is 5.86. The predicted molar refractivity (Wildman–Crippen MR) is 107 cm³/mol. The van der Waals surface area contributed by atoms with Gasteiger partial charge in [-0.25, -0.2) is 0 Å². The number of nitrogens with one attached hydrogen (secondary N) is 2. The second-order valence-electron chi connectivity index (χ2n) is 7.13. The quantitative estimate of drug-likeness (QED) is 0.379. The number of likely N-dealkylation sites (N-methyl/N-ethyl adjacent to an activating group) is 1. The molecule has 6 nitrogen and oxygen atoms in total. The van der Waals surface area contributed by atoms with Crippen LogP contribution in [0.1, 0.15) is 24.0 Å². The average Bonchev–Trinajstić information content (AvgIpc) is 3.44. The van der Waals surface area contributed by atoms with Gasteiger partial charge >= 0.3 is 0 Å². The molecule has 1 aromatic carbocycles. The third-order valence-corrected chi connectivity index (χ3v) is 4.75. The zero-order chi connectivity index (χ0) is 18.9. The Balaban J connectivity index is 1.89. The van der Waals surface area contributed by atoms with Gasteiger partial charge in [0, 0.05) is 38.9 Å². The van der Waals surface area contributed by atoms with Crippen molar-refractivity contribution in [2.75, 3.05) is 48.0 Å². The second-order valence-corrected chi connectivity index (χ2v) is 7.13. The number of ether oxygens (including phenoxy) is 2. The van der Waals surface area contributed by atoms with Gasteiger partial charge in [0.1, 0.15) is 12.4 Å². The molecule has 2 rings (SSSR count). The molecule has 0 amide bonds. The molecule has 1 aliphatic carbocycles. The summed E-state index contributed by atoms with van der Waals surface area (Å²) >= 11 is 0. The van der Waals surface area contributed by atoms with E-state index in [9.17, 15) is 0 Å². The minimum Gasteiger partial charge on any atom is -0.491 e. The third-order valence-electron chi connectivity index (χ3n) is 4.75. The van der Waals surface area contributed by atoms with Gasteiger partial charge < -0.3 is 25.0 Å². The average molecular weight is 363 g/mol. The van der Waals surface area contributed by atoms with E-state index in [1.807, 2.05) is 7.05 Å². The number of hydrogen-bond donors (Lipinski definition) is 2. The first-order chi connectivity index (χ1) is 12.5. The molecule has 1 aliphatic rings. The second kappa shape index (κ2) is 10.4. The Kier molecular flexibility index (Phi) is 8.19. The fourth-order valence-electron chi connectivity index (χ4n) is 3.03. The van der Waals surface area contributed by atoms with Crippen LogP contribution < -0.4 is 15.4 Å². The van der Waals surface area contributed by atoms with Crippen LogP contribution in [-0.2, 0) is 11.3 Å². The van der Waals surface area contributed by atoms with Gasteiger partial charge in [0.2, 0.25) is 0 Å². The van der Waals surface area contributed by atoms with Gasteiger partial charge in [-0.15, -0.1) is 0 Å². The van der Waals surface area contributed by atoms with E-state index in [0.29, 0.717) is 25.8 Å². The highest BCUT2D eigenvalue weighted by atomic mass is 16.5. The van der Waals surface area contributed by atoms with E-state index >= 15 is 0 Å². The molecule has 146 valence electrons. The molecule has 0 saturated heterocycles. The fraction of sp³-hybridized carbons (Fsp3) is 0.650. The summed E-state index contributed by atoms with van der Waals surface area (Å²) < 4.78 is 10.9. The highest BCUT2D eigenvalue weighted by Crippen LogP contribution is 2.34. The van der Waals surface area contributed by atoms with Crippen LogP contribution in [0.25, 0.3) is 0 Å². The Labute approximate surface area is 158 Å². The monoisotopic (exact) mass is 362 g/mol. The van der Waals surface area contributed by atoms with Gasteiger partial charge in [0.05, 0.1) is 6.61 Å². The normalized spacial score (nSPS) is 15.8. The zero-order valence-electron chi connectivity index (χ0n) is 16.8. The lowest BCUT2D eigenvalue weighted by molar-refractivity contribution is 0.145. The number of nitrogens with zero attached hydrogens (tertiary/aromatic N) is 2. The molecule has 1 unspecified atom stereocenters. The first-order valence-electron chi connectivity index (χ1n) is 9.37. The van der Waals surface area contributed by atoms with Crippen LogP contribution in [-0.4, -0.2) is 64.9 Å². The molecule has 0 aromatic heterocycles. The summed E-state index contributed by atoms with van der Waals surface area (Å²) in [5.41, 5.74) is 2.29. The summed E-state index contributed by atoms with van der Waals surface area (Å²) in [5.74, 6) is 2.53. The van der Waals surface area contributed by atoms with Crippen LogP contribution in [0.4, 0.5) is 0 Å². The Morgan fingerprint density at radius 3 is 2.65 bits per heavy atom. The SMILES string of the molecule is CN=C(NCc1ccc(C)cc1OCCOC)NCC(C1CC1)N(C)C. The standard InChI is InChI=1S/C20H34N4O2/c1-15-6-7-17(19(12-15)26-11-10-25-5)13-22-20(21-2)23-14-18(24(3)4)16-8-9-16/h6-7,12,16,18H,8-11,13-14H2,1-5H3,(H2,21,22,23). The molecule has 26 heavy (non-hydrogen) atoms. The Morgan fingerprint density at radius 2 is 2.04 bits per heavy atom. The molecular weight excluding hydrogens is 328 g/mol. The van der Waals surface area contributed by atoms with Crippen LogP contribution in [0.5, 0.6) is 5.75 Å². The molecule has 0 heterocycles. The number of benzene rings is 1. The summed E-state index contributed by atoms with van der Waals surface area (Å²) in [6.45, 7) is 4.77. The van der Waals surface area contributed by atoms with Gasteiger partial charge in [-0.3, -0.25) is 4.99 Å². The van der Waals surface area contributed by atoms with Gasteiger partial charge in [-0.2, -0.15) is 0 Å². The van der Waals surface area contributed by atoms with Crippen LogP contribution in [0.15, 0.2) is 23.2 Å². The molecule has 2 N–H and O–H groups in total. The Morgan fingerprint density at radius 1 is 1.27 bits per heavy atom. The maximum atomic E-state index is 5.86. The molecule has 1 fully saturated rings. The summed E-state index contributed by atoms with van der Waals surface area (Å²) in [6, 6.07) is 6.83. The Bertz CT molecular complexity index is 583. The first-order valence-corrected chi connectivity index (χ1v) is 9.37. The molecule has 1 aromatic rings. The summed E-state index contributed by atoms with van der Waals surface area (Å²) in [6.07, 6.45) is 2.67. The van der Waals surface area contributed by atoms with Crippen LogP contribution in [0, 0.1) is 12.8 Å². The summed E-state index contributed by atoms with van der Waals surface area (Å²) in [4.78, 5) is 6.66. The highest BCUT2D eigenvalue weighted by molar-refractivity contribution is 5.79. The summed E-state index contributed by atoms with van der Waals surface area (Å²) in [5, 5.41) is 6.86. The van der Waals surface area contributed by atoms with Crippen LogP contribution in [0.2, 0.25) is 0 Å². The molecular formula is C20H34N4O2. The van der Waals surface area contributed by atoms with Crippen molar-refractivity contribution in [2.45, 2.75) is 32.4 Å². The number of aryl methyl sites for hydroxylation is 1. The highest BCUT2D eigenvalue weighted by Gasteiger charge is 2.32. The van der Waals surface area contributed by atoms with Crippen molar-refractivity contribution < 1.29 is 9.47 Å². The molecule has 1 atom stereocenters. The lowest BCUT2D eigenvalue weighted by Crippen LogP contribution is -2.45. The number of methoxy groups -OCH3 is 1. The minimum atomic E-state index is 0.547. The number of hydrogen-bond acceptors (Lipinski definition) is 4. The van der Waals surface area contributed by atoms with E-state index in [2.05, 4.69) is 59.7 Å². The van der Waals surface area contributed by atoms with Crippen LogP contribution >= 0.6 is 0 Å². The van der Waals surface area contributed by atoms with Crippen molar-refractivity contribution in [2.24, 2.45) is 10.9 Å². The number of rotatable bonds is 10. The van der Waals surface area contributed by atoms with E-state index in [-0.39, 0.29) is 0 Å². The molecule has 6 heteroatoms. The first kappa shape index (κ1) is 20.5. The molecule has 0 radical (unpaired) electrons. The molecule has 0 bridgehead atoms. The smallest absolute Gasteiger partial charge is 0.191 e. The van der Waals surface area contributed by atoms with E-state index in [0.717, 1.165) is 29.7 Å². The number of aliphatic imine (C=N–C) groups is 1. The lowest BCUT2D eigenvalue weighted by atomic mass is 10.1. The van der Waals surface area contributed by atoms with Crippen molar-refractivity contribution in [3.63, 3.8) is 0 Å². The van der Waals surface area contributed by atoms with E-state index < -0.39 is 0 Å². The van der Waals surface area contributed by atoms with Crippen molar-refractivity contribution in [1.29, 1.82) is 0 Å². The maximum Gasteiger partial charge on any atom is 0.191 e. The molecule has 0 spiro atoms. The van der Waals surface area contributed by atoms with Crippen LogP contribution in [0.3, 0.4) is 0 Å².